The Morgan fingerprint density at radius 1 is 1.03 bits per heavy atom. The zero-order valence-corrected chi connectivity index (χ0v) is 17.4. The number of hydrogen-bond acceptors (Lipinski definition) is 5. The normalized spacial score (nSPS) is 13.8. The molecule has 0 radical (unpaired) electrons. The lowest BCUT2D eigenvalue weighted by molar-refractivity contribution is -0.130. The van der Waals surface area contributed by atoms with Crippen LogP contribution < -0.4 is 16.2 Å². The first-order valence-corrected chi connectivity index (χ1v) is 10.2. The summed E-state index contributed by atoms with van der Waals surface area (Å²) in [5.74, 6) is -0.146. The number of amides is 3. The van der Waals surface area contributed by atoms with Crippen molar-refractivity contribution in [2.24, 2.45) is 0 Å². The van der Waals surface area contributed by atoms with Crippen LogP contribution in [-0.2, 0) is 4.79 Å². The van der Waals surface area contributed by atoms with Gasteiger partial charge in [0.15, 0.2) is 0 Å². The highest BCUT2D eigenvalue weighted by Gasteiger charge is 2.24. The molecule has 0 unspecified atom stereocenters. The highest BCUT2D eigenvalue weighted by Crippen LogP contribution is 2.16. The molecule has 0 bridgehead atoms. The molecule has 3 heterocycles. The molecule has 4 rings (SSSR count). The number of urea groups is 1. The number of nitrogens with zero attached hydrogens (tertiary/aromatic N) is 4. The van der Waals surface area contributed by atoms with Crippen molar-refractivity contribution in [2.45, 2.75) is 0 Å². The monoisotopic (exact) mass is 440 g/mol. The SMILES string of the molecule is O=C(CNc1cnc2ccccn2c1=O)N1CCN(C(=O)Nc2cccc(Cl)c2)CC1. The van der Waals surface area contributed by atoms with Crippen molar-refractivity contribution in [3.8, 4) is 0 Å². The quantitative estimate of drug-likeness (QED) is 0.647. The van der Waals surface area contributed by atoms with Gasteiger partial charge in [0.05, 0.1) is 12.7 Å². The number of anilines is 2. The summed E-state index contributed by atoms with van der Waals surface area (Å²) in [7, 11) is 0. The number of carbonyl (C=O) groups is 2. The average molecular weight is 441 g/mol. The third kappa shape index (κ3) is 4.77. The van der Waals surface area contributed by atoms with Gasteiger partial charge in [-0.2, -0.15) is 0 Å². The summed E-state index contributed by atoms with van der Waals surface area (Å²) < 4.78 is 1.42. The number of aromatic nitrogens is 2. The fraction of sp³-hybridized carbons (Fsp3) is 0.238. The van der Waals surface area contributed by atoms with Crippen molar-refractivity contribution < 1.29 is 9.59 Å². The van der Waals surface area contributed by atoms with Crippen LogP contribution in [0, 0.1) is 0 Å². The summed E-state index contributed by atoms with van der Waals surface area (Å²) in [6.45, 7) is 1.64. The summed E-state index contributed by atoms with van der Waals surface area (Å²) in [5.41, 5.74) is 1.16. The maximum Gasteiger partial charge on any atom is 0.321 e. The number of piperazine rings is 1. The molecule has 31 heavy (non-hydrogen) atoms. The highest BCUT2D eigenvalue weighted by molar-refractivity contribution is 6.30. The van der Waals surface area contributed by atoms with Gasteiger partial charge in [-0.3, -0.25) is 14.0 Å². The van der Waals surface area contributed by atoms with E-state index in [9.17, 15) is 14.4 Å². The molecule has 0 atom stereocenters. The first-order valence-electron chi connectivity index (χ1n) is 9.81. The van der Waals surface area contributed by atoms with Crippen molar-refractivity contribution in [3.63, 3.8) is 0 Å². The fourth-order valence-corrected chi connectivity index (χ4v) is 3.55. The highest BCUT2D eigenvalue weighted by atomic mass is 35.5. The minimum absolute atomic E-state index is 0.0233. The van der Waals surface area contributed by atoms with Gasteiger partial charge >= 0.3 is 6.03 Å². The number of nitrogens with one attached hydrogen (secondary N) is 2. The van der Waals surface area contributed by atoms with Gasteiger partial charge in [0, 0.05) is 43.1 Å². The van der Waals surface area contributed by atoms with Gasteiger partial charge in [0.25, 0.3) is 5.56 Å². The second kappa shape index (κ2) is 9.05. The van der Waals surface area contributed by atoms with Crippen LogP contribution in [-0.4, -0.2) is 63.8 Å². The van der Waals surface area contributed by atoms with E-state index in [1.807, 2.05) is 0 Å². The van der Waals surface area contributed by atoms with Gasteiger partial charge in [0.1, 0.15) is 11.3 Å². The molecule has 1 aromatic carbocycles. The van der Waals surface area contributed by atoms with E-state index in [1.54, 1.807) is 58.5 Å². The van der Waals surface area contributed by atoms with Crippen molar-refractivity contribution in [1.82, 2.24) is 19.2 Å². The van der Waals surface area contributed by atoms with Gasteiger partial charge in [0.2, 0.25) is 5.91 Å². The van der Waals surface area contributed by atoms with E-state index in [-0.39, 0.29) is 29.7 Å². The first kappa shape index (κ1) is 20.7. The maximum absolute atomic E-state index is 12.6. The molecule has 3 amide bonds. The Bertz CT molecular complexity index is 1170. The van der Waals surface area contributed by atoms with Crippen LogP contribution >= 0.6 is 11.6 Å². The van der Waals surface area contributed by atoms with Gasteiger partial charge in [-0.05, 0) is 30.3 Å². The minimum Gasteiger partial charge on any atom is -0.370 e. The molecular weight excluding hydrogens is 420 g/mol. The molecule has 1 saturated heterocycles. The number of pyridine rings is 1. The van der Waals surface area contributed by atoms with E-state index in [1.165, 1.54) is 10.6 Å². The molecular formula is C21H21ClN6O3. The third-order valence-corrected chi connectivity index (χ3v) is 5.27. The summed E-state index contributed by atoms with van der Waals surface area (Å²) in [5, 5.41) is 6.23. The largest absolute Gasteiger partial charge is 0.370 e. The second-order valence-electron chi connectivity index (χ2n) is 7.07. The van der Waals surface area contributed by atoms with Crippen LogP contribution in [0.2, 0.25) is 5.02 Å². The number of hydrogen-bond donors (Lipinski definition) is 2. The Kier molecular flexibility index (Phi) is 6.03. The Morgan fingerprint density at radius 3 is 2.58 bits per heavy atom. The zero-order valence-electron chi connectivity index (χ0n) is 16.6. The Labute approximate surface area is 183 Å². The van der Waals surface area contributed by atoms with Crippen LogP contribution in [0.1, 0.15) is 0 Å². The van der Waals surface area contributed by atoms with Gasteiger partial charge in [-0.25, -0.2) is 9.78 Å². The standard InChI is InChI=1S/C21H21ClN6O3/c22-15-4-3-5-16(12-15)25-21(31)27-10-8-26(9-11-27)19(29)14-23-17-13-24-18-6-1-2-7-28(18)20(17)30/h1-7,12-13,23H,8-11,14H2,(H,25,31). The predicted molar refractivity (Wildman–Crippen MR) is 119 cm³/mol. The van der Waals surface area contributed by atoms with E-state index in [0.29, 0.717) is 42.5 Å². The molecule has 10 heteroatoms. The van der Waals surface area contributed by atoms with E-state index >= 15 is 0 Å². The van der Waals surface area contributed by atoms with Gasteiger partial charge < -0.3 is 20.4 Å². The van der Waals surface area contributed by atoms with Crippen LogP contribution in [0.3, 0.4) is 0 Å². The topological polar surface area (TPSA) is 99.1 Å². The average Bonchev–Trinajstić information content (AvgIpc) is 2.79. The second-order valence-corrected chi connectivity index (χ2v) is 7.50. The molecule has 1 fully saturated rings. The number of benzene rings is 1. The molecule has 0 aliphatic carbocycles. The maximum atomic E-state index is 12.6. The van der Waals surface area contributed by atoms with E-state index in [4.69, 9.17) is 11.6 Å². The number of fused-ring (bicyclic) bond motifs is 1. The number of carbonyl (C=O) groups excluding carboxylic acids is 2. The lowest BCUT2D eigenvalue weighted by atomic mass is 10.3. The lowest BCUT2D eigenvalue weighted by Gasteiger charge is -2.34. The summed E-state index contributed by atoms with van der Waals surface area (Å²) >= 11 is 5.94. The van der Waals surface area contributed by atoms with E-state index in [0.717, 1.165) is 0 Å². The molecule has 9 nitrogen and oxygen atoms in total. The minimum atomic E-state index is -0.263. The molecule has 2 N–H and O–H groups in total. The van der Waals surface area contributed by atoms with Gasteiger partial charge in [-0.15, -0.1) is 0 Å². The third-order valence-electron chi connectivity index (χ3n) is 5.04. The molecule has 1 aliphatic heterocycles. The van der Waals surface area contributed by atoms with Gasteiger partial charge in [-0.1, -0.05) is 23.7 Å². The van der Waals surface area contributed by atoms with Crippen LogP contribution in [0.25, 0.3) is 5.65 Å². The first-order chi connectivity index (χ1) is 15.0. The van der Waals surface area contributed by atoms with Crippen molar-refractivity contribution in [2.75, 3.05) is 43.4 Å². The lowest BCUT2D eigenvalue weighted by Crippen LogP contribution is -2.52. The van der Waals surface area contributed by atoms with Crippen molar-refractivity contribution >= 4 is 40.6 Å². The Balaban J connectivity index is 1.29. The predicted octanol–water partition coefficient (Wildman–Crippen LogP) is 2.14. The molecule has 160 valence electrons. The Hall–Kier alpha value is -3.59. The van der Waals surface area contributed by atoms with Crippen LogP contribution in [0.5, 0.6) is 0 Å². The van der Waals surface area contributed by atoms with E-state index in [2.05, 4.69) is 15.6 Å². The van der Waals surface area contributed by atoms with Crippen LogP contribution in [0.15, 0.2) is 59.7 Å². The summed E-state index contributed by atoms with van der Waals surface area (Å²) in [6.07, 6.45) is 3.06. The Morgan fingerprint density at radius 2 is 1.81 bits per heavy atom. The molecule has 3 aromatic rings. The molecule has 0 saturated carbocycles. The van der Waals surface area contributed by atoms with Crippen LogP contribution in [0.4, 0.5) is 16.2 Å². The fourth-order valence-electron chi connectivity index (χ4n) is 3.36. The number of halogens is 1. The summed E-state index contributed by atoms with van der Waals surface area (Å²) in [6, 6.07) is 12.0. The molecule has 1 aliphatic rings. The molecule has 0 spiro atoms. The van der Waals surface area contributed by atoms with E-state index < -0.39 is 0 Å². The summed E-state index contributed by atoms with van der Waals surface area (Å²) in [4.78, 5) is 45.0. The van der Waals surface area contributed by atoms with Crippen molar-refractivity contribution in [1.29, 1.82) is 0 Å². The smallest absolute Gasteiger partial charge is 0.321 e. The zero-order chi connectivity index (χ0) is 21.8. The molecule has 2 aromatic heterocycles. The van der Waals surface area contributed by atoms with Crippen molar-refractivity contribution in [3.05, 3.63) is 70.2 Å². The number of rotatable bonds is 4.